The number of rotatable bonds is 11. The van der Waals surface area contributed by atoms with Crippen LogP contribution < -0.4 is 4.74 Å². The van der Waals surface area contributed by atoms with Gasteiger partial charge in [0.15, 0.2) is 11.6 Å². The summed E-state index contributed by atoms with van der Waals surface area (Å²) >= 11 is 0. The smallest absolute Gasteiger partial charge is 0.314 e. The summed E-state index contributed by atoms with van der Waals surface area (Å²) in [5.41, 5.74) is -0.395. The Bertz CT molecular complexity index is 818. The van der Waals surface area contributed by atoms with Gasteiger partial charge in [-0.05, 0) is 55.6 Å². The van der Waals surface area contributed by atoms with Crippen molar-refractivity contribution in [2.45, 2.75) is 110 Å². The van der Waals surface area contributed by atoms with E-state index < -0.39 is 28.9 Å². The second-order valence-corrected chi connectivity index (χ2v) is 10.7. The highest BCUT2D eigenvalue weighted by Crippen LogP contribution is 2.38. The van der Waals surface area contributed by atoms with Gasteiger partial charge in [0.2, 0.25) is 5.82 Å². The van der Waals surface area contributed by atoms with E-state index in [4.69, 9.17) is 10.00 Å². The fraction of sp³-hybridized carbons (Fsp3) is 0.724. The van der Waals surface area contributed by atoms with Gasteiger partial charge in [-0.1, -0.05) is 84.0 Å². The Morgan fingerprint density at radius 1 is 0.853 bits per heavy atom. The first-order valence-corrected chi connectivity index (χ1v) is 13.6. The van der Waals surface area contributed by atoms with E-state index in [1.807, 2.05) is 0 Å². The van der Waals surface area contributed by atoms with Gasteiger partial charge in [-0.15, -0.1) is 0 Å². The van der Waals surface area contributed by atoms with Gasteiger partial charge in [-0.25, -0.2) is 4.39 Å². The average Bonchev–Trinajstić information content (AvgIpc) is 2.86. The van der Waals surface area contributed by atoms with Crippen LogP contribution in [0.15, 0.2) is 12.1 Å². The van der Waals surface area contributed by atoms with Gasteiger partial charge >= 0.3 is 5.97 Å². The molecule has 1 aromatic carbocycles. The predicted molar refractivity (Wildman–Crippen MR) is 130 cm³/mol. The second-order valence-electron chi connectivity index (χ2n) is 10.7. The molecule has 3 nitrogen and oxygen atoms in total. The average molecular weight is 474 g/mol. The zero-order chi connectivity index (χ0) is 24.3. The Balaban J connectivity index is 1.31. The predicted octanol–water partition coefficient (Wildman–Crippen LogP) is 8.50. The third-order valence-electron chi connectivity index (χ3n) is 8.22. The molecule has 0 N–H and O–H groups in total. The summed E-state index contributed by atoms with van der Waals surface area (Å²) in [5.74, 6) is -1.24. The minimum atomic E-state index is -1.27. The van der Waals surface area contributed by atoms with Crippen LogP contribution in [0, 0.1) is 46.6 Å². The van der Waals surface area contributed by atoms with Crippen LogP contribution in [0.3, 0.4) is 0 Å². The third kappa shape index (κ3) is 7.79. The number of esters is 1. The first-order valence-electron chi connectivity index (χ1n) is 13.6. The van der Waals surface area contributed by atoms with Crippen LogP contribution >= 0.6 is 0 Å². The third-order valence-corrected chi connectivity index (χ3v) is 8.22. The van der Waals surface area contributed by atoms with E-state index in [9.17, 15) is 13.6 Å². The van der Waals surface area contributed by atoms with Crippen molar-refractivity contribution < 1.29 is 18.3 Å². The summed E-state index contributed by atoms with van der Waals surface area (Å²) in [6, 6.07) is 3.87. The van der Waals surface area contributed by atoms with Gasteiger partial charge in [-0.3, -0.25) is 4.79 Å². The van der Waals surface area contributed by atoms with Gasteiger partial charge in [0, 0.05) is 0 Å². The van der Waals surface area contributed by atoms with E-state index >= 15 is 0 Å². The van der Waals surface area contributed by atoms with Crippen molar-refractivity contribution in [3.8, 4) is 11.8 Å². The standard InChI is InChI=1S/C29H41F2NO2/c1-2-3-4-5-6-7-21-8-10-22(11-9-21)12-13-23-14-16-24(17-15-23)29(33)34-26-19-18-25(20-32)27(30)28(26)31/h18-19,21-24H,2-17H2,1H3. The summed E-state index contributed by atoms with van der Waals surface area (Å²) in [4.78, 5) is 12.5. The van der Waals surface area contributed by atoms with Crippen molar-refractivity contribution in [3.63, 3.8) is 0 Å². The van der Waals surface area contributed by atoms with Gasteiger partial charge in [0.1, 0.15) is 6.07 Å². The van der Waals surface area contributed by atoms with Crippen molar-refractivity contribution >= 4 is 5.97 Å². The molecule has 0 atom stereocenters. The molecule has 0 bridgehead atoms. The van der Waals surface area contributed by atoms with Crippen LogP contribution in [-0.2, 0) is 4.79 Å². The quantitative estimate of drug-likeness (QED) is 0.184. The van der Waals surface area contributed by atoms with E-state index in [0.29, 0.717) is 5.92 Å². The first-order chi connectivity index (χ1) is 16.5. The molecule has 0 unspecified atom stereocenters. The van der Waals surface area contributed by atoms with Gasteiger partial charge in [0.05, 0.1) is 11.5 Å². The maximum atomic E-state index is 14.0. The highest BCUT2D eigenvalue weighted by atomic mass is 19.2. The lowest BCUT2D eigenvalue weighted by Gasteiger charge is -2.31. The number of halogens is 2. The number of hydrogen-bond acceptors (Lipinski definition) is 3. The van der Waals surface area contributed by atoms with Crippen LogP contribution in [0.2, 0.25) is 0 Å². The maximum Gasteiger partial charge on any atom is 0.314 e. The molecule has 0 saturated heterocycles. The van der Waals surface area contributed by atoms with Crippen molar-refractivity contribution in [2.24, 2.45) is 23.7 Å². The molecule has 0 aromatic heterocycles. The minimum Gasteiger partial charge on any atom is -0.423 e. The van der Waals surface area contributed by atoms with Crippen molar-refractivity contribution in [1.29, 1.82) is 5.26 Å². The molecule has 2 fully saturated rings. The molecule has 1 aromatic rings. The molecule has 2 aliphatic carbocycles. The first kappa shape index (κ1) is 26.6. The maximum absolute atomic E-state index is 14.0. The summed E-state index contributed by atoms with van der Waals surface area (Å²) < 4.78 is 33.0. The summed E-state index contributed by atoms with van der Waals surface area (Å²) in [6.45, 7) is 2.27. The minimum absolute atomic E-state index is 0.262. The van der Waals surface area contributed by atoms with Crippen molar-refractivity contribution in [2.75, 3.05) is 0 Å². The summed E-state index contributed by atoms with van der Waals surface area (Å²) in [5, 5.41) is 8.77. The number of carbonyl (C=O) groups is 1. The Morgan fingerprint density at radius 3 is 2.00 bits per heavy atom. The van der Waals surface area contributed by atoms with Crippen molar-refractivity contribution in [3.05, 3.63) is 29.3 Å². The molecule has 2 aliphatic rings. The Kier molecular flexibility index (Phi) is 10.8. The largest absolute Gasteiger partial charge is 0.423 e. The lowest BCUT2D eigenvalue weighted by Crippen LogP contribution is -2.26. The number of carbonyl (C=O) groups excluding carboxylic acids is 1. The highest BCUT2D eigenvalue weighted by molar-refractivity contribution is 5.75. The molecule has 0 aliphatic heterocycles. The van der Waals surface area contributed by atoms with E-state index in [1.54, 1.807) is 6.07 Å². The van der Waals surface area contributed by atoms with E-state index in [2.05, 4.69) is 6.92 Å². The fourth-order valence-electron chi connectivity index (χ4n) is 5.89. The highest BCUT2D eigenvalue weighted by Gasteiger charge is 2.30. The van der Waals surface area contributed by atoms with Crippen LogP contribution in [0.25, 0.3) is 0 Å². The summed E-state index contributed by atoms with van der Waals surface area (Å²) in [7, 11) is 0. The number of benzene rings is 1. The molecule has 2 saturated carbocycles. The monoisotopic (exact) mass is 473 g/mol. The van der Waals surface area contributed by atoms with Gasteiger partial charge in [-0.2, -0.15) is 9.65 Å². The molecule has 0 spiro atoms. The molecule has 0 heterocycles. The lowest BCUT2D eigenvalue weighted by atomic mass is 9.75. The Hall–Kier alpha value is -1.96. The molecule has 5 heteroatoms. The molecule has 34 heavy (non-hydrogen) atoms. The lowest BCUT2D eigenvalue weighted by molar-refractivity contribution is -0.140. The molecule has 188 valence electrons. The second kappa shape index (κ2) is 13.8. The van der Waals surface area contributed by atoms with Crippen LogP contribution in [-0.4, -0.2) is 5.97 Å². The number of hydrogen-bond donors (Lipinski definition) is 0. The number of nitriles is 1. The van der Waals surface area contributed by atoms with Crippen LogP contribution in [0.4, 0.5) is 8.78 Å². The number of ether oxygens (including phenoxy) is 1. The molecular formula is C29H41F2NO2. The van der Waals surface area contributed by atoms with E-state index in [0.717, 1.165) is 49.7 Å². The van der Waals surface area contributed by atoms with E-state index in [-0.39, 0.29) is 5.92 Å². The normalized spacial score (nSPS) is 25.0. The summed E-state index contributed by atoms with van der Waals surface area (Å²) in [6.07, 6.45) is 19.9. The zero-order valence-electron chi connectivity index (χ0n) is 20.8. The van der Waals surface area contributed by atoms with Gasteiger partial charge < -0.3 is 4.74 Å². The number of unbranched alkanes of at least 4 members (excludes halogenated alkanes) is 4. The van der Waals surface area contributed by atoms with Crippen molar-refractivity contribution in [1.82, 2.24) is 0 Å². The van der Waals surface area contributed by atoms with E-state index in [1.165, 1.54) is 77.0 Å². The molecule has 3 rings (SSSR count). The SMILES string of the molecule is CCCCCCCC1CCC(CCC2CCC(C(=O)Oc3ccc(C#N)c(F)c3F)CC2)CC1. The number of nitrogens with zero attached hydrogens (tertiary/aromatic N) is 1. The molecule has 0 radical (unpaired) electrons. The Labute approximate surface area is 204 Å². The molecular weight excluding hydrogens is 432 g/mol. The molecule has 0 amide bonds. The van der Waals surface area contributed by atoms with Crippen LogP contribution in [0.5, 0.6) is 5.75 Å². The fourth-order valence-corrected chi connectivity index (χ4v) is 5.89. The van der Waals surface area contributed by atoms with Gasteiger partial charge in [0.25, 0.3) is 0 Å². The topological polar surface area (TPSA) is 50.1 Å². The zero-order valence-corrected chi connectivity index (χ0v) is 20.8. The Morgan fingerprint density at radius 2 is 1.41 bits per heavy atom. The van der Waals surface area contributed by atoms with Crippen LogP contribution in [0.1, 0.15) is 115 Å².